The molecule has 1 amide bonds. The zero-order chi connectivity index (χ0) is 27.0. The molecule has 2 aliphatic rings. The molecule has 1 fully saturated rings. The van der Waals surface area contributed by atoms with Crippen molar-refractivity contribution in [3.8, 4) is 5.88 Å². The number of allylic oxidation sites excluding steroid dienone is 3. The third kappa shape index (κ3) is 5.83. The van der Waals surface area contributed by atoms with Crippen molar-refractivity contribution in [3.05, 3.63) is 71.9 Å². The molecule has 196 valence electrons. The summed E-state index contributed by atoms with van der Waals surface area (Å²) in [6, 6.07) is 3.43. The second kappa shape index (κ2) is 9.98. The zero-order valence-electron chi connectivity index (χ0n) is 20.2. The van der Waals surface area contributed by atoms with Gasteiger partial charge in [0.25, 0.3) is 11.8 Å². The van der Waals surface area contributed by atoms with Crippen LogP contribution in [0.3, 0.4) is 0 Å². The molecule has 7 nitrogen and oxygen atoms in total. The Hall–Kier alpha value is -3.70. The monoisotopic (exact) mass is 521 g/mol. The lowest BCUT2D eigenvalue weighted by molar-refractivity contribution is -0.137. The van der Waals surface area contributed by atoms with Crippen LogP contribution < -0.4 is 4.74 Å². The van der Waals surface area contributed by atoms with Crippen molar-refractivity contribution in [2.75, 3.05) is 6.54 Å². The Balaban J connectivity index is 1.68. The van der Waals surface area contributed by atoms with Crippen LogP contribution in [0.15, 0.2) is 65.5 Å². The molecule has 0 radical (unpaired) electrons. The highest BCUT2D eigenvalue weighted by atomic mass is 19.4. The number of hydrogen-bond acceptors (Lipinski definition) is 6. The summed E-state index contributed by atoms with van der Waals surface area (Å²) < 4.78 is 73.1. The fourth-order valence-corrected chi connectivity index (χ4v) is 4.48. The van der Waals surface area contributed by atoms with E-state index in [2.05, 4.69) is 19.9 Å². The number of aliphatic imine (C=N–C) groups is 1. The summed E-state index contributed by atoms with van der Waals surface area (Å²) in [4.78, 5) is 31.2. The highest BCUT2D eigenvalue weighted by Crippen LogP contribution is 2.39. The van der Waals surface area contributed by atoms with Gasteiger partial charge in [0.1, 0.15) is 17.8 Å². The molecule has 0 saturated carbocycles. The van der Waals surface area contributed by atoms with Gasteiger partial charge in [-0.1, -0.05) is 19.9 Å². The van der Waals surface area contributed by atoms with E-state index in [1.165, 1.54) is 19.3 Å². The van der Waals surface area contributed by atoms with Crippen LogP contribution in [0.1, 0.15) is 44.5 Å². The largest absolute Gasteiger partial charge is 0.445 e. The normalized spacial score (nSPS) is 24.9. The highest BCUT2D eigenvalue weighted by Gasteiger charge is 2.46. The minimum absolute atomic E-state index is 0.0159. The van der Waals surface area contributed by atoms with E-state index in [1.807, 2.05) is 13.0 Å². The van der Waals surface area contributed by atoms with Crippen molar-refractivity contribution in [3.63, 3.8) is 0 Å². The Bertz CT molecular complexity index is 1240. The predicted octanol–water partition coefficient (Wildman–Crippen LogP) is 5.39. The highest BCUT2D eigenvalue weighted by molar-refractivity contribution is 6.41. The molecule has 0 aliphatic carbocycles. The van der Waals surface area contributed by atoms with Gasteiger partial charge in [-0.25, -0.2) is 23.7 Å². The smallest absolute Gasteiger partial charge is 0.417 e. The Morgan fingerprint density at radius 1 is 1.16 bits per heavy atom. The fraction of sp³-hybridized carbons (Fsp3) is 0.400. The van der Waals surface area contributed by atoms with Gasteiger partial charge in [0.2, 0.25) is 5.88 Å². The number of carbonyl (C=O) groups is 1. The van der Waals surface area contributed by atoms with E-state index in [-0.39, 0.29) is 23.2 Å². The number of hydrogen-bond donors (Lipinski definition) is 0. The van der Waals surface area contributed by atoms with E-state index < -0.39 is 48.4 Å². The van der Waals surface area contributed by atoms with E-state index in [0.717, 1.165) is 23.3 Å². The zero-order valence-corrected chi connectivity index (χ0v) is 20.2. The van der Waals surface area contributed by atoms with Crippen LogP contribution in [-0.4, -0.2) is 43.9 Å². The molecular formula is C25H24F5N5O2. The molecule has 4 heterocycles. The minimum atomic E-state index is -4.57. The van der Waals surface area contributed by atoms with Gasteiger partial charge in [-0.15, -0.1) is 0 Å². The topological polar surface area (TPSA) is 80.6 Å². The predicted molar refractivity (Wildman–Crippen MR) is 124 cm³/mol. The second-order valence-corrected chi connectivity index (χ2v) is 9.14. The maximum Gasteiger partial charge on any atom is 0.417 e. The number of alkyl halides is 5. The molecule has 0 aromatic carbocycles. The van der Waals surface area contributed by atoms with E-state index in [0.29, 0.717) is 17.7 Å². The molecule has 12 heteroatoms. The first-order valence-corrected chi connectivity index (χ1v) is 11.5. The van der Waals surface area contributed by atoms with Crippen LogP contribution in [0.5, 0.6) is 5.88 Å². The van der Waals surface area contributed by atoms with E-state index >= 15 is 0 Å². The average molecular weight is 521 g/mol. The van der Waals surface area contributed by atoms with Gasteiger partial charge in [-0.05, 0) is 25.0 Å². The first-order valence-electron chi connectivity index (χ1n) is 11.5. The van der Waals surface area contributed by atoms with Crippen molar-refractivity contribution in [1.29, 1.82) is 0 Å². The Kier molecular flexibility index (Phi) is 7.11. The number of ether oxygens (including phenoxy) is 1. The van der Waals surface area contributed by atoms with Crippen LogP contribution in [-0.2, 0) is 11.0 Å². The number of carbonyl (C=O) groups excluding carboxylic acids is 1. The average Bonchev–Trinajstić information content (AvgIpc) is 2.82. The summed E-state index contributed by atoms with van der Waals surface area (Å²) in [6.45, 7) is 4.16. The molecule has 3 atom stereocenters. The molecule has 4 rings (SSSR count). The molecule has 2 aromatic rings. The van der Waals surface area contributed by atoms with Gasteiger partial charge in [0.05, 0.1) is 23.7 Å². The third-order valence-corrected chi connectivity index (χ3v) is 6.12. The maximum atomic E-state index is 14.6. The molecular weight excluding hydrogens is 497 g/mol. The number of rotatable bonds is 4. The van der Waals surface area contributed by atoms with Crippen LogP contribution in [0.2, 0.25) is 0 Å². The van der Waals surface area contributed by atoms with Crippen molar-refractivity contribution < 1.29 is 31.5 Å². The van der Waals surface area contributed by atoms with Gasteiger partial charge >= 0.3 is 6.18 Å². The van der Waals surface area contributed by atoms with Crippen molar-refractivity contribution in [2.45, 2.75) is 45.2 Å². The van der Waals surface area contributed by atoms with Gasteiger partial charge in [-0.2, -0.15) is 13.2 Å². The fourth-order valence-electron chi connectivity index (χ4n) is 4.48. The summed E-state index contributed by atoms with van der Waals surface area (Å²) in [5.74, 6) is -5.49. The summed E-state index contributed by atoms with van der Waals surface area (Å²) in [5.41, 5.74) is -0.261. The standard InChI is InChI=1S/C25H24F5N5O2/c1-14-9-16(3)34-21(20(14)22-31-7-4-8-32-22)23(36)35-13-24(26,27)10-15(2)18(35)12-37-19-6-5-17(11-33-19)25(28,29)30/h4-9,11-12,14-15,20H,10,13H2,1-3H3/b18-12+/t14?,15-,20?/m1/s1. The number of halogens is 5. The summed E-state index contributed by atoms with van der Waals surface area (Å²) in [7, 11) is 0. The number of aromatic nitrogens is 3. The van der Waals surface area contributed by atoms with E-state index in [9.17, 15) is 26.7 Å². The molecule has 0 bridgehead atoms. The summed E-state index contributed by atoms with van der Waals surface area (Å²) in [6.07, 6.45) is 1.47. The number of likely N-dealkylation sites (tertiary alicyclic amines) is 1. The van der Waals surface area contributed by atoms with Crippen molar-refractivity contribution >= 4 is 11.6 Å². The lowest BCUT2D eigenvalue weighted by Gasteiger charge is -2.39. The van der Waals surface area contributed by atoms with E-state index in [4.69, 9.17) is 4.74 Å². The molecule has 2 aromatic heterocycles. The van der Waals surface area contributed by atoms with Gasteiger partial charge < -0.3 is 9.64 Å². The number of nitrogens with zero attached hydrogens (tertiary/aromatic N) is 5. The molecule has 1 saturated heterocycles. The Labute approximate surface area is 209 Å². The summed E-state index contributed by atoms with van der Waals surface area (Å²) in [5, 5.41) is 0. The second-order valence-electron chi connectivity index (χ2n) is 9.14. The van der Waals surface area contributed by atoms with Crippen LogP contribution in [0.25, 0.3) is 0 Å². The molecule has 0 spiro atoms. The van der Waals surface area contributed by atoms with Crippen LogP contribution in [0.4, 0.5) is 22.0 Å². The molecule has 2 aliphatic heterocycles. The van der Waals surface area contributed by atoms with Crippen LogP contribution in [0, 0.1) is 11.8 Å². The van der Waals surface area contributed by atoms with Crippen molar-refractivity contribution in [2.24, 2.45) is 16.8 Å². The summed E-state index contributed by atoms with van der Waals surface area (Å²) >= 11 is 0. The lowest BCUT2D eigenvalue weighted by atomic mass is 9.84. The molecule has 2 unspecified atom stereocenters. The van der Waals surface area contributed by atoms with Gasteiger partial charge in [-0.3, -0.25) is 9.79 Å². The number of pyridine rings is 1. The van der Waals surface area contributed by atoms with Gasteiger partial charge in [0.15, 0.2) is 0 Å². The van der Waals surface area contributed by atoms with Crippen LogP contribution >= 0.6 is 0 Å². The first-order chi connectivity index (χ1) is 17.4. The third-order valence-electron chi connectivity index (χ3n) is 6.12. The maximum absolute atomic E-state index is 14.6. The molecule has 37 heavy (non-hydrogen) atoms. The Morgan fingerprint density at radius 3 is 2.49 bits per heavy atom. The lowest BCUT2D eigenvalue weighted by Crippen LogP contribution is -2.51. The SMILES string of the molecule is CC1=CC(C)C(c2ncccn2)C(C(=O)N2CC(F)(F)C[C@@H](C)/C2=C\Oc2ccc(C(F)(F)F)cn2)=N1. The molecule has 0 N–H and O–H groups in total. The minimum Gasteiger partial charge on any atom is -0.445 e. The number of piperidine rings is 1. The quantitative estimate of drug-likeness (QED) is 0.398. The van der Waals surface area contributed by atoms with E-state index in [1.54, 1.807) is 13.0 Å². The van der Waals surface area contributed by atoms with Gasteiger partial charge in [0, 0.05) is 42.7 Å². The Morgan fingerprint density at radius 2 is 1.86 bits per heavy atom. The van der Waals surface area contributed by atoms with Crippen molar-refractivity contribution in [1.82, 2.24) is 19.9 Å². The number of amides is 1. The first kappa shape index (κ1) is 26.4.